The first-order valence-electron chi connectivity index (χ1n) is 6.06. The molecule has 0 amide bonds. The van der Waals surface area contributed by atoms with Crippen LogP contribution < -0.4 is 0 Å². The van der Waals surface area contributed by atoms with Gasteiger partial charge in [-0.25, -0.2) is 0 Å². The van der Waals surface area contributed by atoms with E-state index < -0.39 is 0 Å². The highest BCUT2D eigenvalue weighted by Crippen LogP contribution is 1.78. The fourth-order valence-electron chi connectivity index (χ4n) is 0.798. The van der Waals surface area contributed by atoms with Crippen LogP contribution in [0.15, 0.2) is 0 Å². The molecule has 0 atom stereocenters. The van der Waals surface area contributed by atoms with Crippen LogP contribution >= 0.6 is 0 Å². The molecular weight excluding hydrogens is 256 g/mol. The van der Waals surface area contributed by atoms with E-state index in [1.54, 1.807) is 14.2 Å². The Morgan fingerprint density at radius 1 is 0.842 bits per heavy atom. The van der Waals surface area contributed by atoms with Crippen LogP contribution in [0.2, 0.25) is 0 Å². The van der Waals surface area contributed by atoms with Gasteiger partial charge in [0.2, 0.25) is 0 Å². The summed E-state index contributed by atoms with van der Waals surface area (Å²) in [5.74, 6) is -0.262. The van der Waals surface area contributed by atoms with Gasteiger partial charge in [-0.3, -0.25) is 4.79 Å². The number of hydrogen-bond donors (Lipinski definition) is 1. The lowest BCUT2D eigenvalue weighted by molar-refractivity contribution is -0.142. The van der Waals surface area contributed by atoms with Gasteiger partial charge in [0.25, 0.3) is 0 Å². The van der Waals surface area contributed by atoms with Crippen molar-refractivity contribution in [2.24, 2.45) is 0 Å². The van der Waals surface area contributed by atoms with E-state index in [9.17, 15) is 4.79 Å². The van der Waals surface area contributed by atoms with Crippen LogP contribution in [0.1, 0.15) is 6.92 Å². The predicted octanol–water partition coefficient (Wildman–Crippen LogP) is -0.146. The summed E-state index contributed by atoms with van der Waals surface area (Å²) in [6.45, 7) is 4.94. The third-order valence-corrected chi connectivity index (χ3v) is 1.63. The molecule has 0 aliphatic rings. The summed E-state index contributed by atoms with van der Waals surface area (Å²) in [5.41, 5.74) is 0. The number of carbonyl (C=O) groups excluding carboxylic acids is 1. The first kappa shape index (κ1) is 20.6. The molecule has 0 aliphatic carbocycles. The van der Waals surface area contributed by atoms with Crippen molar-refractivity contribution in [1.29, 1.82) is 0 Å². The molecule has 0 heterocycles. The van der Waals surface area contributed by atoms with Crippen LogP contribution in [0.25, 0.3) is 0 Å². The van der Waals surface area contributed by atoms with E-state index in [1.165, 1.54) is 6.92 Å². The minimum atomic E-state index is -0.262. The summed E-state index contributed by atoms with van der Waals surface area (Å²) < 4.78 is 23.9. The maximum Gasteiger partial charge on any atom is 0.302 e. The standard InChI is InChI=1S/C7H16O4.C5H10O3/c1-9-4-5-11-7-6-10-3-2-8;1-5(6)8-4-3-7-2/h8H,2-7H2,1H3;3-4H2,1-2H3. The summed E-state index contributed by atoms with van der Waals surface area (Å²) in [4.78, 5) is 10.0. The van der Waals surface area contributed by atoms with Gasteiger partial charge < -0.3 is 28.8 Å². The van der Waals surface area contributed by atoms with Gasteiger partial charge in [-0.1, -0.05) is 0 Å². The molecule has 7 heteroatoms. The molecule has 0 aromatic rings. The van der Waals surface area contributed by atoms with Crippen molar-refractivity contribution in [2.45, 2.75) is 6.92 Å². The van der Waals surface area contributed by atoms with Crippen molar-refractivity contribution >= 4 is 5.97 Å². The summed E-state index contributed by atoms with van der Waals surface area (Å²) in [6, 6.07) is 0. The minimum absolute atomic E-state index is 0.0675. The lowest BCUT2D eigenvalue weighted by Crippen LogP contribution is -2.09. The fourth-order valence-corrected chi connectivity index (χ4v) is 0.798. The van der Waals surface area contributed by atoms with Crippen molar-refractivity contribution in [3.8, 4) is 0 Å². The summed E-state index contributed by atoms with van der Waals surface area (Å²) >= 11 is 0. The Morgan fingerprint density at radius 2 is 1.32 bits per heavy atom. The number of methoxy groups -OCH3 is 2. The molecule has 116 valence electrons. The largest absolute Gasteiger partial charge is 0.463 e. The van der Waals surface area contributed by atoms with Crippen LogP contribution in [-0.4, -0.2) is 78.2 Å². The van der Waals surface area contributed by atoms with Gasteiger partial charge in [-0.2, -0.15) is 0 Å². The van der Waals surface area contributed by atoms with Gasteiger partial charge in [0.1, 0.15) is 6.61 Å². The molecule has 0 spiro atoms. The van der Waals surface area contributed by atoms with Gasteiger partial charge in [-0.15, -0.1) is 0 Å². The second-order valence-corrected chi connectivity index (χ2v) is 3.27. The van der Waals surface area contributed by atoms with Crippen LogP contribution in [0.4, 0.5) is 0 Å². The lowest BCUT2D eigenvalue weighted by Gasteiger charge is -2.03. The zero-order valence-corrected chi connectivity index (χ0v) is 12.1. The summed E-state index contributed by atoms with van der Waals surface area (Å²) in [7, 11) is 3.19. The van der Waals surface area contributed by atoms with E-state index >= 15 is 0 Å². The molecule has 0 rings (SSSR count). The average molecular weight is 282 g/mol. The molecule has 0 unspecified atom stereocenters. The van der Waals surface area contributed by atoms with E-state index in [1.807, 2.05) is 0 Å². The molecule has 1 N–H and O–H groups in total. The molecule has 0 saturated heterocycles. The van der Waals surface area contributed by atoms with Crippen molar-refractivity contribution in [2.75, 3.05) is 67.1 Å². The number of aliphatic hydroxyl groups excluding tert-OH is 1. The average Bonchev–Trinajstić information content (AvgIpc) is 2.39. The van der Waals surface area contributed by atoms with Crippen LogP contribution in [-0.2, 0) is 28.5 Å². The molecule has 0 aliphatic heterocycles. The molecule has 0 fully saturated rings. The smallest absolute Gasteiger partial charge is 0.302 e. The highest BCUT2D eigenvalue weighted by atomic mass is 16.6. The van der Waals surface area contributed by atoms with Crippen molar-refractivity contribution < 1.29 is 33.6 Å². The van der Waals surface area contributed by atoms with E-state index in [2.05, 4.69) is 9.47 Å². The molecule has 0 bridgehead atoms. The predicted molar refractivity (Wildman–Crippen MR) is 69.1 cm³/mol. The maximum absolute atomic E-state index is 10.0. The fraction of sp³-hybridized carbons (Fsp3) is 0.917. The molecule has 0 aromatic carbocycles. The Labute approximate surface area is 114 Å². The third kappa shape index (κ3) is 26.7. The van der Waals surface area contributed by atoms with E-state index in [-0.39, 0.29) is 12.6 Å². The number of ether oxygens (including phenoxy) is 5. The van der Waals surface area contributed by atoms with Crippen molar-refractivity contribution in [1.82, 2.24) is 0 Å². The molecule has 19 heavy (non-hydrogen) atoms. The zero-order valence-electron chi connectivity index (χ0n) is 12.1. The highest BCUT2D eigenvalue weighted by Gasteiger charge is 1.88. The minimum Gasteiger partial charge on any atom is -0.463 e. The van der Waals surface area contributed by atoms with Gasteiger partial charge in [-0.05, 0) is 0 Å². The lowest BCUT2D eigenvalue weighted by atomic mass is 10.7. The topological polar surface area (TPSA) is 83.5 Å². The van der Waals surface area contributed by atoms with Crippen LogP contribution in [0.5, 0.6) is 0 Å². The van der Waals surface area contributed by atoms with Crippen LogP contribution in [0, 0.1) is 0 Å². The monoisotopic (exact) mass is 282 g/mol. The number of carbonyl (C=O) groups is 1. The second kappa shape index (κ2) is 19.6. The number of aliphatic hydroxyl groups is 1. The van der Waals surface area contributed by atoms with Gasteiger partial charge in [0.05, 0.1) is 46.2 Å². The zero-order chi connectivity index (χ0) is 14.8. The number of rotatable bonds is 11. The van der Waals surface area contributed by atoms with Gasteiger partial charge in [0.15, 0.2) is 0 Å². The third-order valence-electron chi connectivity index (χ3n) is 1.63. The Morgan fingerprint density at radius 3 is 1.79 bits per heavy atom. The molecule has 0 aromatic heterocycles. The van der Waals surface area contributed by atoms with Gasteiger partial charge >= 0.3 is 5.97 Å². The Kier molecular flexibility index (Phi) is 21.2. The summed E-state index contributed by atoms with van der Waals surface area (Å²) in [5, 5.41) is 8.32. The van der Waals surface area contributed by atoms with Gasteiger partial charge in [0, 0.05) is 21.1 Å². The van der Waals surface area contributed by atoms with E-state index in [0.717, 1.165) is 0 Å². The maximum atomic E-state index is 10.0. The first-order valence-corrected chi connectivity index (χ1v) is 6.06. The van der Waals surface area contributed by atoms with Crippen molar-refractivity contribution in [3.05, 3.63) is 0 Å². The number of hydrogen-bond acceptors (Lipinski definition) is 7. The molecule has 0 saturated carbocycles. The highest BCUT2D eigenvalue weighted by molar-refractivity contribution is 5.65. The Hall–Kier alpha value is -0.730. The SMILES string of the molecule is COCCOC(C)=O.COCCOCCOCCO. The van der Waals surface area contributed by atoms with Crippen LogP contribution in [0.3, 0.4) is 0 Å². The molecule has 0 radical (unpaired) electrons. The molecule has 7 nitrogen and oxygen atoms in total. The van der Waals surface area contributed by atoms with Crippen molar-refractivity contribution in [3.63, 3.8) is 0 Å². The summed E-state index contributed by atoms with van der Waals surface area (Å²) in [6.07, 6.45) is 0. The Bertz CT molecular complexity index is 167. The Balaban J connectivity index is 0. The first-order chi connectivity index (χ1) is 9.18. The van der Waals surface area contributed by atoms with E-state index in [4.69, 9.17) is 19.3 Å². The normalized spacial score (nSPS) is 9.68. The van der Waals surface area contributed by atoms with E-state index in [0.29, 0.717) is 46.2 Å². The molecular formula is C12H26O7. The second-order valence-electron chi connectivity index (χ2n) is 3.27. The number of esters is 1. The quantitative estimate of drug-likeness (QED) is 0.417.